The van der Waals surface area contributed by atoms with Gasteiger partial charge < -0.3 is 66.9 Å². The van der Waals surface area contributed by atoms with Gasteiger partial charge in [0.15, 0.2) is 0 Å². The van der Waals surface area contributed by atoms with E-state index in [2.05, 4.69) is 63.8 Å². The first-order valence-electron chi connectivity index (χ1n) is 18.7. The number of urea groups is 3. The summed E-state index contributed by atoms with van der Waals surface area (Å²) in [7, 11) is 0. The first-order chi connectivity index (χ1) is 30.2. The van der Waals surface area contributed by atoms with E-state index in [4.69, 9.17) is 14.6 Å². The van der Waals surface area contributed by atoms with Crippen molar-refractivity contribution < 1.29 is 54.2 Å². The second-order valence-electron chi connectivity index (χ2n) is 12.6. The lowest BCUT2D eigenvalue weighted by molar-refractivity contribution is -0.142. The Bertz CT molecular complexity index is 2440. The lowest BCUT2D eigenvalue weighted by Gasteiger charge is -2.10. The minimum atomic E-state index is -0.516. The van der Waals surface area contributed by atoms with Gasteiger partial charge in [-0.3, -0.25) is 4.79 Å². The number of benzene rings is 6. The molecule has 328 valence electrons. The van der Waals surface area contributed by atoms with Gasteiger partial charge in [0, 0.05) is 35.7 Å². The number of rotatable bonds is 11. The van der Waals surface area contributed by atoms with Gasteiger partial charge in [0.1, 0.15) is 40.2 Å². The fraction of sp³-hybridized carbons (Fsp3) is 0.0909. The molecule has 0 saturated carbocycles. The number of anilines is 5. The van der Waals surface area contributed by atoms with Gasteiger partial charge in [-0.2, -0.15) is 0 Å². The van der Waals surface area contributed by atoms with E-state index in [1.165, 1.54) is 24.3 Å². The largest absolute Gasteiger partial charge is 0.508 e. The Balaban J connectivity index is 0.000000211. The van der Waals surface area contributed by atoms with Crippen LogP contribution in [0.1, 0.15) is 13.3 Å². The Morgan fingerprint density at radius 3 is 1.48 bits per heavy atom. The summed E-state index contributed by atoms with van der Waals surface area (Å²) in [5.41, 5.74) is 2.13. The molecule has 0 aliphatic carbocycles. The van der Waals surface area contributed by atoms with Crippen molar-refractivity contribution in [2.24, 2.45) is 0 Å². The van der Waals surface area contributed by atoms with E-state index in [1.807, 2.05) is 36.4 Å². The maximum Gasteiger partial charge on any atom is 0.323 e. The van der Waals surface area contributed by atoms with Gasteiger partial charge in [0.25, 0.3) is 0 Å². The monoisotopic (exact) mass is 988 g/mol. The fourth-order valence-corrected chi connectivity index (χ4v) is 6.08. The first kappa shape index (κ1) is 48.0. The van der Waals surface area contributed by atoms with E-state index in [0.717, 1.165) is 17.9 Å². The van der Waals surface area contributed by atoms with Gasteiger partial charge >= 0.3 is 24.1 Å². The predicted molar refractivity (Wildman–Crippen MR) is 246 cm³/mol. The maximum absolute atomic E-state index is 12.0. The van der Waals surface area contributed by atoms with Crippen molar-refractivity contribution in [3.05, 3.63) is 142 Å². The number of carbonyl (C=O) groups is 4. The summed E-state index contributed by atoms with van der Waals surface area (Å²) >= 11 is 6.33. The van der Waals surface area contributed by atoms with Crippen LogP contribution in [0.15, 0.2) is 142 Å². The van der Waals surface area contributed by atoms with Crippen molar-refractivity contribution in [1.29, 1.82) is 0 Å². The van der Waals surface area contributed by atoms with Crippen LogP contribution in [0.3, 0.4) is 0 Å². The molecular weight excluding hydrogens is 948 g/mol. The lowest BCUT2D eigenvalue weighted by atomic mass is 10.2. The van der Waals surface area contributed by atoms with Crippen molar-refractivity contribution in [3.63, 3.8) is 0 Å². The third kappa shape index (κ3) is 17.1. The van der Waals surface area contributed by atoms with E-state index in [-0.39, 0.29) is 59.1 Å². The molecule has 0 aromatic heterocycles. The maximum atomic E-state index is 12.0. The highest BCUT2D eigenvalue weighted by molar-refractivity contribution is 9.11. The molecule has 0 unspecified atom stereocenters. The van der Waals surface area contributed by atoms with Crippen LogP contribution < -0.4 is 36.6 Å². The number of aromatic hydroxyl groups is 5. The zero-order chi connectivity index (χ0) is 45.7. The van der Waals surface area contributed by atoms with Crippen LogP contribution in [-0.4, -0.2) is 62.7 Å². The van der Waals surface area contributed by atoms with E-state index in [1.54, 1.807) is 67.6 Å². The first-order valence-corrected chi connectivity index (χ1v) is 20.2. The average molecular weight is 991 g/mol. The highest BCUT2D eigenvalue weighted by Gasteiger charge is 2.11. The van der Waals surface area contributed by atoms with Gasteiger partial charge in [-0.05, 0) is 124 Å². The summed E-state index contributed by atoms with van der Waals surface area (Å²) in [6.45, 7) is 2.23. The number of phenols is 5. The third-order valence-corrected chi connectivity index (χ3v) is 8.99. The number of hydrogen-bond donors (Lipinski definition) is 11. The van der Waals surface area contributed by atoms with Crippen LogP contribution in [0, 0.1) is 0 Å². The Hall–Kier alpha value is -7.64. The standard InChI is InChI=1S/C19H16N2O4.C13H12N2O3.C12H14Br2N2O4/c22-14-8-11-17(18(23)12-14)21-19(24)20-13-6-9-16(10-7-13)25-15-4-2-1-3-5-15;16-10-6-7-11(12(17)8-10)15-13(18)14-9-4-2-1-3-5-9;1-2-20-10(17)3-4-15-12(19)16-7-5-8(13)11(18)9(14)6-7/h1-12,22-23H,(H2,20,21,24);1-8,16-17H,(H2,14,15,18);5-6,18H,2-4H2,1H3,(H2,15,16,19). The van der Waals surface area contributed by atoms with Gasteiger partial charge in [-0.25, -0.2) is 14.4 Å². The van der Waals surface area contributed by atoms with Crippen LogP contribution in [0.5, 0.6) is 40.2 Å². The molecule has 0 saturated heterocycles. The smallest absolute Gasteiger partial charge is 0.323 e. The molecule has 0 aliphatic heterocycles. The zero-order valence-corrected chi connectivity index (χ0v) is 36.4. The van der Waals surface area contributed by atoms with Crippen molar-refractivity contribution in [3.8, 4) is 40.2 Å². The molecule has 6 amide bonds. The highest BCUT2D eigenvalue weighted by atomic mass is 79.9. The second-order valence-corrected chi connectivity index (χ2v) is 14.3. The van der Waals surface area contributed by atoms with Crippen LogP contribution in [0.2, 0.25) is 0 Å². The molecule has 6 rings (SSSR count). The lowest BCUT2D eigenvalue weighted by Crippen LogP contribution is -2.30. The van der Waals surface area contributed by atoms with Crippen LogP contribution in [-0.2, 0) is 9.53 Å². The molecule has 17 nitrogen and oxygen atoms in total. The molecule has 0 radical (unpaired) electrons. The Kier molecular flexibility index (Phi) is 18.7. The molecular formula is C44H42Br2N6O11. The second kappa shape index (κ2) is 24.6. The van der Waals surface area contributed by atoms with Crippen molar-refractivity contribution in [2.75, 3.05) is 39.7 Å². The van der Waals surface area contributed by atoms with Crippen LogP contribution >= 0.6 is 31.9 Å². The van der Waals surface area contributed by atoms with Crippen molar-refractivity contribution in [1.82, 2.24) is 5.32 Å². The topological polar surface area (TPSA) is 260 Å². The van der Waals surface area contributed by atoms with Gasteiger partial charge in [-0.15, -0.1) is 0 Å². The number of halogens is 2. The van der Waals surface area contributed by atoms with Crippen molar-refractivity contribution in [2.45, 2.75) is 13.3 Å². The van der Waals surface area contributed by atoms with E-state index in [9.17, 15) is 39.6 Å². The molecule has 6 aromatic rings. The quantitative estimate of drug-likeness (QED) is 0.0330. The van der Waals surface area contributed by atoms with E-state index >= 15 is 0 Å². The highest BCUT2D eigenvalue weighted by Crippen LogP contribution is 2.35. The number of para-hydroxylation sites is 2. The Morgan fingerprint density at radius 1 is 0.524 bits per heavy atom. The van der Waals surface area contributed by atoms with Crippen molar-refractivity contribution >= 4 is 84.4 Å². The molecule has 0 aliphatic rings. The van der Waals surface area contributed by atoms with E-state index in [0.29, 0.717) is 38.4 Å². The minimum absolute atomic E-state index is 0.0540. The molecule has 0 heterocycles. The minimum Gasteiger partial charge on any atom is -0.508 e. The summed E-state index contributed by atoms with van der Waals surface area (Å²) in [4.78, 5) is 46.3. The summed E-state index contributed by atoms with van der Waals surface area (Å²) in [6.07, 6.45) is 0.115. The molecule has 0 bridgehead atoms. The predicted octanol–water partition coefficient (Wildman–Crippen LogP) is 10.3. The number of amides is 6. The number of phenolic OH excluding ortho intramolecular Hbond substituents is 5. The number of carbonyl (C=O) groups excluding carboxylic acids is 4. The van der Waals surface area contributed by atoms with Crippen LogP contribution in [0.4, 0.5) is 42.8 Å². The van der Waals surface area contributed by atoms with Crippen LogP contribution in [0.25, 0.3) is 0 Å². The summed E-state index contributed by atoms with van der Waals surface area (Å²) < 4.78 is 11.3. The zero-order valence-electron chi connectivity index (χ0n) is 33.3. The molecule has 6 aromatic carbocycles. The Labute approximate surface area is 378 Å². The third-order valence-electron chi connectivity index (χ3n) is 7.78. The summed E-state index contributed by atoms with van der Waals surface area (Å²) in [6, 6.07) is 34.7. The number of nitrogens with one attached hydrogen (secondary N) is 6. The van der Waals surface area contributed by atoms with Gasteiger partial charge in [0.2, 0.25) is 0 Å². The molecule has 0 spiro atoms. The summed E-state index contributed by atoms with van der Waals surface area (Å²) in [5, 5.41) is 62.4. The SMILES string of the molecule is CCOC(=O)CCNC(=O)Nc1cc(Br)c(O)c(Br)c1.O=C(Nc1ccc(Oc2ccccc2)cc1)Nc1ccc(O)cc1O.O=C(Nc1ccccc1)Nc1ccc(O)cc1O. The van der Waals surface area contributed by atoms with Gasteiger partial charge in [0.05, 0.1) is 33.3 Å². The number of esters is 1. The number of hydrogen-bond acceptors (Lipinski definition) is 11. The Morgan fingerprint density at radius 2 is 0.984 bits per heavy atom. The molecule has 11 N–H and O–H groups in total. The fourth-order valence-electron chi connectivity index (χ4n) is 4.90. The molecule has 0 fully saturated rings. The molecule has 63 heavy (non-hydrogen) atoms. The molecule has 0 atom stereocenters. The molecule has 19 heteroatoms. The normalized spacial score (nSPS) is 9.95. The number of ether oxygens (including phenoxy) is 2. The van der Waals surface area contributed by atoms with E-state index < -0.39 is 18.1 Å². The average Bonchev–Trinajstić information content (AvgIpc) is 3.24. The summed E-state index contributed by atoms with van der Waals surface area (Å²) in [5.74, 6) is 0.497. The van der Waals surface area contributed by atoms with Gasteiger partial charge in [-0.1, -0.05) is 36.4 Å².